The summed E-state index contributed by atoms with van der Waals surface area (Å²) in [4.78, 5) is 0. The first-order valence-electron chi connectivity index (χ1n) is 9.24. The van der Waals surface area contributed by atoms with Gasteiger partial charge in [-0.05, 0) is 49.5 Å². The average molecular weight is 282 g/mol. The van der Waals surface area contributed by atoms with Gasteiger partial charge in [0, 0.05) is 6.04 Å². The molecule has 1 aliphatic rings. The van der Waals surface area contributed by atoms with Crippen molar-refractivity contribution in [3.8, 4) is 0 Å². The number of nitrogens with one attached hydrogen (secondary N) is 1. The van der Waals surface area contributed by atoms with E-state index in [9.17, 15) is 0 Å². The lowest BCUT2D eigenvalue weighted by atomic mass is 9.64. The second-order valence-corrected chi connectivity index (χ2v) is 7.88. The molecule has 1 nitrogen and oxygen atoms in total. The second-order valence-electron chi connectivity index (χ2n) is 7.88. The summed E-state index contributed by atoms with van der Waals surface area (Å²) in [5.41, 5.74) is 0.513. The molecule has 1 aliphatic carbocycles. The standard InChI is InChI=1S/C19H39N/c1-6-8-9-10-13-19(4,5)17-12-11-16(3)15-18(17)20-14-7-2/h16-18,20H,6-15H2,1-5H3. The van der Waals surface area contributed by atoms with Crippen molar-refractivity contribution in [2.24, 2.45) is 17.3 Å². The molecule has 0 aromatic carbocycles. The van der Waals surface area contributed by atoms with E-state index in [1.165, 1.54) is 64.3 Å². The maximum atomic E-state index is 3.86. The van der Waals surface area contributed by atoms with Gasteiger partial charge in [-0.15, -0.1) is 0 Å². The van der Waals surface area contributed by atoms with Crippen molar-refractivity contribution in [2.45, 2.75) is 98.4 Å². The van der Waals surface area contributed by atoms with E-state index in [0.29, 0.717) is 5.41 Å². The van der Waals surface area contributed by atoms with Crippen molar-refractivity contribution in [3.05, 3.63) is 0 Å². The lowest BCUT2D eigenvalue weighted by Crippen LogP contribution is -2.47. The van der Waals surface area contributed by atoms with Crippen molar-refractivity contribution in [2.75, 3.05) is 6.54 Å². The predicted molar refractivity (Wildman–Crippen MR) is 91.1 cm³/mol. The van der Waals surface area contributed by atoms with Crippen LogP contribution in [0.2, 0.25) is 0 Å². The smallest absolute Gasteiger partial charge is 0.0103 e. The molecule has 1 N–H and O–H groups in total. The van der Waals surface area contributed by atoms with Gasteiger partial charge in [-0.2, -0.15) is 0 Å². The van der Waals surface area contributed by atoms with Gasteiger partial charge in [-0.3, -0.25) is 0 Å². The third-order valence-corrected chi connectivity index (χ3v) is 5.45. The van der Waals surface area contributed by atoms with E-state index in [-0.39, 0.29) is 0 Å². The minimum atomic E-state index is 0.513. The summed E-state index contributed by atoms with van der Waals surface area (Å²) in [7, 11) is 0. The predicted octanol–water partition coefficient (Wildman–Crippen LogP) is 5.79. The number of unbranched alkanes of at least 4 members (excludes halogenated alkanes) is 3. The molecular formula is C19H39N. The third-order valence-electron chi connectivity index (χ3n) is 5.45. The van der Waals surface area contributed by atoms with E-state index in [2.05, 4.69) is 39.9 Å². The van der Waals surface area contributed by atoms with E-state index < -0.39 is 0 Å². The summed E-state index contributed by atoms with van der Waals surface area (Å²) in [6.07, 6.45) is 12.5. The van der Waals surface area contributed by atoms with Gasteiger partial charge in [-0.1, -0.05) is 66.7 Å². The molecule has 0 saturated heterocycles. The van der Waals surface area contributed by atoms with Crippen LogP contribution in [0.3, 0.4) is 0 Å². The van der Waals surface area contributed by atoms with Gasteiger partial charge >= 0.3 is 0 Å². The number of rotatable bonds is 9. The largest absolute Gasteiger partial charge is 0.314 e. The fourth-order valence-corrected chi connectivity index (χ4v) is 4.06. The Morgan fingerprint density at radius 3 is 2.40 bits per heavy atom. The van der Waals surface area contributed by atoms with Crippen LogP contribution in [0, 0.1) is 17.3 Å². The van der Waals surface area contributed by atoms with Crippen LogP contribution in [-0.2, 0) is 0 Å². The monoisotopic (exact) mass is 281 g/mol. The normalized spacial score (nSPS) is 27.8. The highest BCUT2D eigenvalue weighted by Crippen LogP contribution is 2.43. The van der Waals surface area contributed by atoms with Crippen LogP contribution >= 0.6 is 0 Å². The molecule has 0 spiro atoms. The van der Waals surface area contributed by atoms with Gasteiger partial charge in [-0.25, -0.2) is 0 Å². The average Bonchev–Trinajstić information content (AvgIpc) is 2.41. The minimum Gasteiger partial charge on any atom is -0.314 e. The van der Waals surface area contributed by atoms with Gasteiger partial charge in [0.2, 0.25) is 0 Å². The molecule has 0 heterocycles. The Hall–Kier alpha value is -0.0400. The Labute approximate surface area is 128 Å². The maximum absolute atomic E-state index is 3.86. The summed E-state index contributed by atoms with van der Waals surface area (Å²) < 4.78 is 0. The highest BCUT2D eigenvalue weighted by Gasteiger charge is 2.38. The molecule has 0 aromatic rings. The fourth-order valence-electron chi connectivity index (χ4n) is 4.06. The van der Waals surface area contributed by atoms with Gasteiger partial charge in [0.15, 0.2) is 0 Å². The number of hydrogen-bond acceptors (Lipinski definition) is 1. The molecule has 0 amide bonds. The van der Waals surface area contributed by atoms with Crippen LogP contribution in [0.4, 0.5) is 0 Å². The Kier molecular flexibility index (Phi) is 8.17. The molecule has 1 saturated carbocycles. The zero-order chi connectivity index (χ0) is 15.0. The van der Waals surface area contributed by atoms with Crippen molar-refractivity contribution < 1.29 is 0 Å². The molecule has 1 rings (SSSR count). The molecule has 0 bridgehead atoms. The Morgan fingerprint density at radius 2 is 1.75 bits per heavy atom. The quantitative estimate of drug-likeness (QED) is 0.528. The van der Waals surface area contributed by atoms with Crippen LogP contribution < -0.4 is 5.32 Å². The first-order chi connectivity index (χ1) is 9.51. The van der Waals surface area contributed by atoms with Crippen LogP contribution in [0.15, 0.2) is 0 Å². The molecule has 1 heteroatoms. The van der Waals surface area contributed by atoms with Crippen LogP contribution in [-0.4, -0.2) is 12.6 Å². The Bertz CT molecular complexity index is 246. The molecule has 3 atom stereocenters. The Morgan fingerprint density at radius 1 is 1.00 bits per heavy atom. The molecule has 0 aromatic heterocycles. The first-order valence-corrected chi connectivity index (χ1v) is 9.24. The molecule has 3 unspecified atom stereocenters. The van der Waals surface area contributed by atoms with Crippen molar-refractivity contribution in [1.82, 2.24) is 5.32 Å². The first kappa shape index (κ1) is 18.0. The van der Waals surface area contributed by atoms with Crippen LogP contribution in [0.1, 0.15) is 92.4 Å². The van der Waals surface area contributed by atoms with E-state index in [1.54, 1.807) is 0 Å². The summed E-state index contributed by atoms with van der Waals surface area (Å²) >= 11 is 0. The lowest BCUT2D eigenvalue weighted by Gasteiger charge is -2.45. The maximum Gasteiger partial charge on any atom is 0.0103 e. The minimum absolute atomic E-state index is 0.513. The molecule has 20 heavy (non-hydrogen) atoms. The zero-order valence-corrected chi connectivity index (χ0v) is 14.8. The highest BCUT2D eigenvalue weighted by molar-refractivity contribution is 4.91. The summed E-state index contributed by atoms with van der Waals surface area (Å²) in [6.45, 7) is 13.3. The lowest BCUT2D eigenvalue weighted by molar-refractivity contribution is 0.0843. The summed E-state index contributed by atoms with van der Waals surface area (Å²) in [5.74, 6) is 1.79. The summed E-state index contributed by atoms with van der Waals surface area (Å²) in [6, 6.07) is 0.764. The van der Waals surface area contributed by atoms with Gasteiger partial charge in [0.25, 0.3) is 0 Å². The van der Waals surface area contributed by atoms with Crippen molar-refractivity contribution >= 4 is 0 Å². The zero-order valence-electron chi connectivity index (χ0n) is 14.8. The van der Waals surface area contributed by atoms with E-state index in [4.69, 9.17) is 0 Å². The fraction of sp³-hybridized carbons (Fsp3) is 1.00. The van der Waals surface area contributed by atoms with E-state index in [1.807, 2.05) is 0 Å². The second kappa shape index (κ2) is 9.07. The third kappa shape index (κ3) is 5.76. The van der Waals surface area contributed by atoms with E-state index in [0.717, 1.165) is 17.9 Å². The SMILES string of the molecule is CCCCCCC(C)(C)C1CCC(C)CC1NCCC. The van der Waals surface area contributed by atoms with Gasteiger partial charge < -0.3 is 5.32 Å². The highest BCUT2D eigenvalue weighted by atomic mass is 14.9. The van der Waals surface area contributed by atoms with Crippen LogP contribution in [0.5, 0.6) is 0 Å². The molecule has 1 fully saturated rings. The molecular weight excluding hydrogens is 242 g/mol. The molecule has 120 valence electrons. The molecule has 0 aliphatic heterocycles. The van der Waals surface area contributed by atoms with E-state index >= 15 is 0 Å². The summed E-state index contributed by atoms with van der Waals surface area (Å²) in [5, 5.41) is 3.86. The Balaban J connectivity index is 2.53. The van der Waals surface area contributed by atoms with Crippen molar-refractivity contribution in [1.29, 1.82) is 0 Å². The van der Waals surface area contributed by atoms with Gasteiger partial charge in [0.1, 0.15) is 0 Å². The topological polar surface area (TPSA) is 12.0 Å². The van der Waals surface area contributed by atoms with Crippen LogP contribution in [0.25, 0.3) is 0 Å². The number of hydrogen-bond donors (Lipinski definition) is 1. The van der Waals surface area contributed by atoms with Crippen molar-refractivity contribution in [3.63, 3.8) is 0 Å². The molecule has 0 radical (unpaired) electrons. The van der Waals surface area contributed by atoms with Gasteiger partial charge in [0.05, 0.1) is 0 Å².